The first-order valence-corrected chi connectivity index (χ1v) is 7.77. The van der Waals surface area contributed by atoms with Crippen LogP contribution in [0.3, 0.4) is 0 Å². The molecule has 0 aliphatic heterocycles. The summed E-state index contributed by atoms with van der Waals surface area (Å²) in [6, 6.07) is 0. The van der Waals surface area contributed by atoms with Gasteiger partial charge in [-0.05, 0) is 53.4 Å². The molecule has 0 spiro atoms. The number of aromatic nitrogens is 4. The number of hydrogen-bond donors (Lipinski definition) is 0. The van der Waals surface area contributed by atoms with E-state index in [0.29, 0.717) is 10.3 Å². The molecular weight excluding hydrogens is 376 g/mol. The van der Waals surface area contributed by atoms with E-state index in [4.69, 9.17) is 0 Å². The Morgan fingerprint density at radius 3 is 1.31 bits per heavy atom. The van der Waals surface area contributed by atoms with Crippen LogP contribution in [0.4, 0.5) is 0 Å². The van der Waals surface area contributed by atoms with Gasteiger partial charge in [0.05, 0.1) is 8.95 Å². The minimum absolute atomic E-state index is 0.680. The van der Waals surface area contributed by atoms with Crippen molar-refractivity contribution >= 4 is 53.4 Å². The van der Waals surface area contributed by atoms with E-state index in [2.05, 4.69) is 51.8 Å². The highest BCUT2D eigenvalue weighted by Gasteiger charge is 2.02. The van der Waals surface area contributed by atoms with E-state index in [0.717, 1.165) is 8.95 Å². The lowest BCUT2D eigenvalue weighted by Gasteiger charge is -1.98. The molecule has 0 unspecified atom stereocenters. The Kier molecular flexibility index (Phi) is 4.56. The Balaban J connectivity index is 1.97. The number of rotatable bonds is 3. The summed E-state index contributed by atoms with van der Waals surface area (Å²) in [6.45, 7) is 0. The van der Waals surface area contributed by atoms with Gasteiger partial charge in [0.15, 0.2) is 10.3 Å². The molecule has 0 bridgehead atoms. The van der Waals surface area contributed by atoms with Crippen molar-refractivity contribution in [1.29, 1.82) is 0 Å². The fourth-order valence-electron chi connectivity index (χ4n) is 0.761. The maximum Gasteiger partial charge on any atom is 0.198 e. The molecule has 0 aliphatic carbocycles. The molecule has 4 nitrogen and oxygen atoms in total. The SMILES string of the molecule is Brc1cnc(SSc2ncc(Br)cn2)nc1. The van der Waals surface area contributed by atoms with Gasteiger partial charge in [0.25, 0.3) is 0 Å². The van der Waals surface area contributed by atoms with Crippen LogP contribution in [-0.2, 0) is 0 Å². The second-order valence-corrected chi connectivity index (χ2v) is 6.43. The predicted octanol–water partition coefficient (Wildman–Crippen LogP) is 3.59. The molecule has 0 aromatic carbocycles. The van der Waals surface area contributed by atoms with Gasteiger partial charge in [-0.2, -0.15) is 0 Å². The maximum atomic E-state index is 4.13. The molecule has 2 aromatic rings. The second kappa shape index (κ2) is 5.95. The number of hydrogen-bond acceptors (Lipinski definition) is 6. The Hall–Kier alpha value is -0.180. The topological polar surface area (TPSA) is 51.6 Å². The lowest BCUT2D eigenvalue weighted by atomic mass is 10.7. The summed E-state index contributed by atoms with van der Waals surface area (Å²) in [5, 5.41) is 1.36. The summed E-state index contributed by atoms with van der Waals surface area (Å²) >= 11 is 6.56. The van der Waals surface area contributed by atoms with Crippen LogP contribution >= 0.6 is 53.4 Å². The molecule has 0 saturated heterocycles. The molecule has 2 aromatic heterocycles. The van der Waals surface area contributed by atoms with E-state index in [-0.39, 0.29) is 0 Å². The summed E-state index contributed by atoms with van der Waals surface area (Å²) < 4.78 is 1.73. The summed E-state index contributed by atoms with van der Waals surface area (Å²) in [7, 11) is 2.84. The highest BCUT2D eigenvalue weighted by atomic mass is 79.9. The van der Waals surface area contributed by atoms with Gasteiger partial charge >= 0.3 is 0 Å². The Morgan fingerprint density at radius 2 is 1.00 bits per heavy atom. The lowest BCUT2D eigenvalue weighted by Crippen LogP contribution is -1.85. The van der Waals surface area contributed by atoms with E-state index in [9.17, 15) is 0 Å². The molecule has 16 heavy (non-hydrogen) atoms. The van der Waals surface area contributed by atoms with Crippen LogP contribution in [0, 0.1) is 0 Å². The molecule has 82 valence electrons. The van der Waals surface area contributed by atoms with Gasteiger partial charge in [-0.3, -0.25) is 0 Å². The number of nitrogens with zero attached hydrogens (tertiary/aromatic N) is 4. The van der Waals surface area contributed by atoms with Gasteiger partial charge < -0.3 is 0 Å². The average Bonchev–Trinajstić information content (AvgIpc) is 2.30. The van der Waals surface area contributed by atoms with Crippen LogP contribution in [0.15, 0.2) is 44.0 Å². The third kappa shape index (κ3) is 3.69. The van der Waals surface area contributed by atoms with Gasteiger partial charge in [-0.15, -0.1) is 0 Å². The van der Waals surface area contributed by atoms with Gasteiger partial charge in [0, 0.05) is 24.8 Å². The Bertz CT molecular complexity index is 417. The molecule has 0 fully saturated rings. The summed E-state index contributed by atoms with van der Waals surface area (Å²) in [5.74, 6) is 0. The van der Waals surface area contributed by atoms with Crippen LogP contribution < -0.4 is 0 Å². The maximum absolute atomic E-state index is 4.13. The first-order chi connectivity index (χ1) is 7.74. The average molecular weight is 380 g/mol. The molecule has 0 radical (unpaired) electrons. The van der Waals surface area contributed by atoms with Crippen LogP contribution in [0.2, 0.25) is 0 Å². The Labute approximate surface area is 117 Å². The second-order valence-electron chi connectivity index (χ2n) is 2.53. The first kappa shape index (κ1) is 12.3. The minimum Gasteiger partial charge on any atom is -0.229 e. The van der Waals surface area contributed by atoms with Crippen molar-refractivity contribution in [2.75, 3.05) is 0 Å². The Morgan fingerprint density at radius 1 is 0.688 bits per heavy atom. The number of halogens is 2. The minimum atomic E-state index is 0.680. The zero-order valence-electron chi connectivity index (χ0n) is 7.67. The highest BCUT2D eigenvalue weighted by Crippen LogP contribution is 2.32. The van der Waals surface area contributed by atoms with Crippen LogP contribution in [-0.4, -0.2) is 19.9 Å². The van der Waals surface area contributed by atoms with Gasteiger partial charge in [-0.25, -0.2) is 19.9 Å². The normalized spacial score (nSPS) is 10.4. The van der Waals surface area contributed by atoms with Gasteiger partial charge in [0.2, 0.25) is 0 Å². The third-order valence-electron chi connectivity index (χ3n) is 1.38. The fourth-order valence-corrected chi connectivity index (χ4v) is 2.67. The van der Waals surface area contributed by atoms with Crippen molar-refractivity contribution < 1.29 is 0 Å². The molecule has 8 heteroatoms. The van der Waals surface area contributed by atoms with Crippen LogP contribution in [0.1, 0.15) is 0 Å². The smallest absolute Gasteiger partial charge is 0.198 e. The zero-order chi connectivity index (χ0) is 11.4. The van der Waals surface area contributed by atoms with Crippen molar-refractivity contribution in [3.05, 3.63) is 33.7 Å². The first-order valence-electron chi connectivity index (χ1n) is 4.03. The van der Waals surface area contributed by atoms with Crippen LogP contribution in [0.25, 0.3) is 0 Å². The molecule has 2 rings (SSSR count). The quantitative estimate of drug-likeness (QED) is 0.600. The third-order valence-corrected chi connectivity index (χ3v) is 4.15. The van der Waals surface area contributed by atoms with Gasteiger partial charge in [-0.1, -0.05) is 0 Å². The van der Waals surface area contributed by atoms with Crippen molar-refractivity contribution in [2.24, 2.45) is 0 Å². The largest absolute Gasteiger partial charge is 0.229 e. The molecule has 0 aliphatic rings. The summed E-state index contributed by atoms with van der Waals surface area (Å²) in [6.07, 6.45) is 6.83. The monoisotopic (exact) mass is 378 g/mol. The van der Waals surface area contributed by atoms with E-state index in [1.165, 1.54) is 21.6 Å². The van der Waals surface area contributed by atoms with E-state index in [1.54, 1.807) is 24.8 Å². The molecule has 0 atom stereocenters. The van der Waals surface area contributed by atoms with Crippen molar-refractivity contribution in [3.8, 4) is 0 Å². The standard InChI is InChI=1S/C8H4Br2N4S2/c9-5-1-11-7(12-2-5)15-16-8-13-3-6(10)4-14-8/h1-4H. The van der Waals surface area contributed by atoms with Gasteiger partial charge in [0.1, 0.15) is 0 Å². The predicted molar refractivity (Wildman–Crippen MR) is 71.2 cm³/mol. The van der Waals surface area contributed by atoms with E-state index < -0.39 is 0 Å². The molecule has 0 saturated carbocycles. The molecule has 0 N–H and O–H groups in total. The molecule has 0 amide bonds. The zero-order valence-corrected chi connectivity index (χ0v) is 12.5. The molecular formula is C8H4Br2N4S2. The van der Waals surface area contributed by atoms with Crippen molar-refractivity contribution in [2.45, 2.75) is 10.3 Å². The van der Waals surface area contributed by atoms with E-state index in [1.807, 2.05) is 0 Å². The molecule has 2 heterocycles. The summed E-state index contributed by atoms with van der Waals surface area (Å²) in [5.41, 5.74) is 0. The van der Waals surface area contributed by atoms with Crippen molar-refractivity contribution in [3.63, 3.8) is 0 Å². The fraction of sp³-hybridized carbons (Fsp3) is 0. The van der Waals surface area contributed by atoms with Crippen LogP contribution in [0.5, 0.6) is 0 Å². The summed E-state index contributed by atoms with van der Waals surface area (Å²) in [4.78, 5) is 16.5. The highest BCUT2D eigenvalue weighted by molar-refractivity contribution is 9.10. The van der Waals surface area contributed by atoms with Crippen molar-refractivity contribution in [1.82, 2.24) is 19.9 Å². The lowest BCUT2D eigenvalue weighted by molar-refractivity contribution is 0.957. The van der Waals surface area contributed by atoms with E-state index >= 15 is 0 Å².